The number of nitrogens with one attached hydrogen (secondary N) is 1. The Hall–Kier alpha value is -1.34. The van der Waals surface area contributed by atoms with Gasteiger partial charge in [-0.3, -0.25) is 0 Å². The largest absolute Gasteiger partial charge is 0.319 e. The Labute approximate surface area is 127 Å². The van der Waals surface area contributed by atoms with Crippen molar-refractivity contribution in [2.24, 2.45) is 17.8 Å². The molecule has 0 unspecified atom stereocenters. The summed E-state index contributed by atoms with van der Waals surface area (Å²) in [6.45, 7) is 1.18. The van der Waals surface area contributed by atoms with E-state index < -0.39 is 0 Å². The SMILES string of the molecule is CNC[C@@H]1C2CCC(CC2)[C@H]1c1ccc2ccccc2c1. The molecule has 21 heavy (non-hydrogen) atoms. The molecule has 2 atom stereocenters. The van der Waals surface area contributed by atoms with Crippen LogP contribution in [0.15, 0.2) is 42.5 Å². The van der Waals surface area contributed by atoms with Crippen LogP contribution in [0.5, 0.6) is 0 Å². The van der Waals surface area contributed by atoms with Crippen molar-refractivity contribution >= 4 is 10.8 Å². The lowest BCUT2D eigenvalue weighted by Gasteiger charge is -2.49. The molecule has 110 valence electrons. The van der Waals surface area contributed by atoms with Gasteiger partial charge < -0.3 is 5.32 Å². The van der Waals surface area contributed by atoms with Crippen LogP contribution in [0.3, 0.4) is 0 Å². The molecule has 0 spiro atoms. The second-order valence-electron chi connectivity index (χ2n) is 7.03. The van der Waals surface area contributed by atoms with E-state index in [2.05, 4.69) is 54.8 Å². The Balaban J connectivity index is 1.74. The number of fused-ring (bicyclic) bond motifs is 4. The summed E-state index contributed by atoms with van der Waals surface area (Å²) in [4.78, 5) is 0. The van der Waals surface area contributed by atoms with Crippen LogP contribution in [0.1, 0.15) is 37.2 Å². The smallest absolute Gasteiger partial charge is 0.00149 e. The molecule has 3 aliphatic rings. The van der Waals surface area contributed by atoms with E-state index in [0.29, 0.717) is 0 Å². The normalized spacial score (nSPS) is 31.7. The molecule has 2 aromatic rings. The van der Waals surface area contributed by atoms with Crippen LogP contribution in [0.25, 0.3) is 10.8 Å². The van der Waals surface area contributed by atoms with Crippen LogP contribution in [-0.2, 0) is 0 Å². The van der Waals surface area contributed by atoms with Crippen molar-refractivity contribution in [1.82, 2.24) is 5.32 Å². The minimum atomic E-state index is 0.773. The third-order valence-corrected chi connectivity index (χ3v) is 5.99. The van der Waals surface area contributed by atoms with Crippen LogP contribution >= 0.6 is 0 Å². The Morgan fingerprint density at radius 1 is 0.905 bits per heavy atom. The van der Waals surface area contributed by atoms with Crippen molar-refractivity contribution in [3.63, 3.8) is 0 Å². The molecule has 0 aliphatic heterocycles. The van der Waals surface area contributed by atoms with Gasteiger partial charge in [-0.2, -0.15) is 0 Å². The van der Waals surface area contributed by atoms with Gasteiger partial charge >= 0.3 is 0 Å². The summed E-state index contributed by atoms with van der Waals surface area (Å²) in [7, 11) is 2.11. The molecule has 0 saturated heterocycles. The van der Waals surface area contributed by atoms with Gasteiger partial charge in [0.15, 0.2) is 0 Å². The van der Waals surface area contributed by atoms with Gasteiger partial charge in [-0.1, -0.05) is 42.5 Å². The first-order valence-electron chi connectivity index (χ1n) is 8.50. The molecule has 0 heterocycles. The van der Waals surface area contributed by atoms with Gasteiger partial charge in [0.2, 0.25) is 0 Å². The van der Waals surface area contributed by atoms with Gasteiger partial charge in [-0.25, -0.2) is 0 Å². The lowest BCUT2D eigenvalue weighted by atomic mass is 9.57. The van der Waals surface area contributed by atoms with E-state index in [1.165, 1.54) is 43.0 Å². The molecular formula is C20H25N. The van der Waals surface area contributed by atoms with E-state index in [1.54, 1.807) is 5.56 Å². The first-order chi connectivity index (χ1) is 10.4. The van der Waals surface area contributed by atoms with Crippen LogP contribution in [0.4, 0.5) is 0 Å². The number of hydrogen-bond acceptors (Lipinski definition) is 1. The van der Waals surface area contributed by atoms with Gasteiger partial charge in [0.05, 0.1) is 0 Å². The van der Waals surface area contributed by atoms with E-state index in [9.17, 15) is 0 Å². The van der Waals surface area contributed by atoms with Crippen LogP contribution in [0.2, 0.25) is 0 Å². The summed E-state index contributed by atoms with van der Waals surface area (Å²) >= 11 is 0. The topological polar surface area (TPSA) is 12.0 Å². The highest BCUT2D eigenvalue weighted by Crippen LogP contribution is 2.53. The van der Waals surface area contributed by atoms with Gasteiger partial charge in [-0.05, 0) is 79.3 Å². The van der Waals surface area contributed by atoms with Crippen LogP contribution in [-0.4, -0.2) is 13.6 Å². The molecule has 5 rings (SSSR count). The van der Waals surface area contributed by atoms with Gasteiger partial charge in [0.1, 0.15) is 0 Å². The molecule has 0 radical (unpaired) electrons. The standard InChI is InChI=1S/C20H25N/c1-21-13-19-15-7-9-16(10-8-15)20(19)18-11-6-14-4-2-3-5-17(14)12-18/h2-6,11-12,15-16,19-21H,7-10,13H2,1H3/t15?,16?,19-,20+/m1/s1. The maximum atomic E-state index is 3.46. The zero-order valence-electron chi connectivity index (χ0n) is 12.9. The molecule has 1 nitrogen and oxygen atoms in total. The van der Waals surface area contributed by atoms with Crippen molar-refractivity contribution in [3.8, 4) is 0 Å². The predicted octanol–water partition coefficient (Wildman–Crippen LogP) is 4.58. The maximum Gasteiger partial charge on any atom is -0.00149 e. The van der Waals surface area contributed by atoms with Crippen LogP contribution in [0, 0.1) is 17.8 Å². The predicted molar refractivity (Wildman–Crippen MR) is 89.6 cm³/mol. The number of rotatable bonds is 3. The third-order valence-electron chi connectivity index (χ3n) is 5.99. The fourth-order valence-electron chi connectivity index (χ4n) is 5.04. The first kappa shape index (κ1) is 13.3. The van der Waals surface area contributed by atoms with Crippen LogP contribution < -0.4 is 5.32 Å². The summed E-state index contributed by atoms with van der Waals surface area (Å²) in [5, 5.41) is 6.23. The van der Waals surface area contributed by atoms with Crippen molar-refractivity contribution in [2.45, 2.75) is 31.6 Å². The lowest BCUT2D eigenvalue weighted by Crippen LogP contribution is -2.42. The monoisotopic (exact) mass is 279 g/mol. The summed E-state index contributed by atoms with van der Waals surface area (Å²) in [5.41, 5.74) is 1.59. The van der Waals surface area contributed by atoms with E-state index in [-0.39, 0.29) is 0 Å². The Bertz CT molecular complexity index is 625. The molecule has 3 aliphatic carbocycles. The molecule has 1 heteroatoms. The molecule has 3 fully saturated rings. The fraction of sp³-hybridized carbons (Fsp3) is 0.500. The fourth-order valence-corrected chi connectivity index (χ4v) is 5.04. The van der Waals surface area contributed by atoms with E-state index in [4.69, 9.17) is 0 Å². The average Bonchev–Trinajstić information content (AvgIpc) is 2.56. The zero-order valence-corrected chi connectivity index (χ0v) is 12.9. The summed E-state index contributed by atoms with van der Waals surface area (Å²) < 4.78 is 0. The highest BCUT2D eigenvalue weighted by Gasteiger charge is 2.43. The molecule has 1 N–H and O–H groups in total. The van der Waals surface area contributed by atoms with Crippen molar-refractivity contribution in [3.05, 3.63) is 48.0 Å². The van der Waals surface area contributed by atoms with Crippen molar-refractivity contribution < 1.29 is 0 Å². The number of benzene rings is 2. The summed E-state index contributed by atoms with van der Waals surface area (Å²) in [5.74, 6) is 3.46. The molecule has 2 aromatic carbocycles. The Morgan fingerprint density at radius 2 is 1.62 bits per heavy atom. The van der Waals surface area contributed by atoms with Crippen molar-refractivity contribution in [2.75, 3.05) is 13.6 Å². The summed E-state index contributed by atoms with van der Waals surface area (Å²) in [6.07, 6.45) is 5.81. The third kappa shape index (κ3) is 2.28. The minimum absolute atomic E-state index is 0.773. The van der Waals surface area contributed by atoms with Gasteiger partial charge in [0.25, 0.3) is 0 Å². The average molecular weight is 279 g/mol. The minimum Gasteiger partial charge on any atom is -0.319 e. The molecule has 0 aromatic heterocycles. The van der Waals surface area contributed by atoms with Crippen molar-refractivity contribution in [1.29, 1.82) is 0 Å². The molecule has 2 bridgehead atoms. The molecule has 0 amide bonds. The van der Waals surface area contributed by atoms with E-state index in [0.717, 1.165) is 23.7 Å². The highest BCUT2D eigenvalue weighted by molar-refractivity contribution is 5.83. The number of hydrogen-bond donors (Lipinski definition) is 1. The second-order valence-corrected chi connectivity index (χ2v) is 7.03. The summed E-state index contributed by atoms with van der Waals surface area (Å²) in [6, 6.07) is 16.0. The van der Waals surface area contributed by atoms with Gasteiger partial charge in [-0.15, -0.1) is 0 Å². The quantitative estimate of drug-likeness (QED) is 0.867. The van der Waals surface area contributed by atoms with Gasteiger partial charge in [0, 0.05) is 0 Å². The van der Waals surface area contributed by atoms with E-state index >= 15 is 0 Å². The van der Waals surface area contributed by atoms with E-state index in [1.807, 2.05) is 0 Å². The molecule has 3 saturated carbocycles. The Morgan fingerprint density at radius 3 is 2.38 bits per heavy atom. The zero-order chi connectivity index (χ0) is 14.2. The molecular weight excluding hydrogens is 254 g/mol. The maximum absolute atomic E-state index is 3.46. The Kier molecular flexibility index (Phi) is 3.46. The second kappa shape index (κ2) is 5.46. The lowest BCUT2D eigenvalue weighted by molar-refractivity contribution is 0.0688. The first-order valence-corrected chi connectivity index (χ1v) is 8.50. The highest BCUT2D eigenvalue weighted by atomic mass is 14.8.